The van der Waals surface area contributed by atoms with E-state index in [4.69, 9.17) is 13.3 Å². The summed E-state index contributed by atoms with van der Waals surface area (Å²) in [7, 11) is -6.01. The molecule has 0 unspecified atom stereocenters. The second-order valence-electron chi connectivity index (χ2n) is 8.67. The molecule has 0 fully saturated rings. The normalized spacial score (nSPS) is 17.7. The van der Waals surface area contributed by atoms with E-state index in [9.17, 15) is 15.0 Å². The molecule has 2 N–H and O–H groups in total. The predicted molar refractivity (Wildman–Crippen MR) is 99.4 cm³/mol. The van der Waals surface area contributed by atoms with Gasteiger partial charge in [-0.1, -0.05) is 0 Å². The molecule has 3 atom stereocenters. The molecule has 0 aliphatic rings. The zero-order chi connectivity index (χ0) is 18.6. The van der Waals surface area contributed by atoms with Crippen LogP contribution in [-0.2, 0) is 18.1 Å². The largest absolute Gasteiger partial charge is 0.479 e. The van der Waals surface area contributed by atoms with Crippen LogP contribution in [0, 0.1) is 0 Å². The van der Waals surface area contributed by atoms with Crippen LogP contribution < -0.4 is 0 Å². The van der Waals surface area contributed by atoms with Crippen LogP contribution in [0.15, 0.2) is 0 Å². The summed E-state index contributed by atoms with van der Waals surface area (Å²) in [5.74, 6) is -1.11. The lowest BCUT2D eigenvalue weighted by Crippen LogP contribution is -2.54. The highest BCUT2D eigenvalue weighted by Crippen LogP contribution is 2.21. The molecule has 23 heavy (non-hydrogen) atoms. The number of carboxylic acids is 1. The van der Waals surface area contributed by atoms with E-state index in [-0.39, 0.29) is 6.61 Å². The van der Waals surface area contributed by atoms with Gasteiger partial charge in [-0.25, -0.2) is 4.79 Å². The summed E-state index contributed by atoms with van der Waals surface area (Å²) in [4.78, 5) is 11.7. The second kappa shape index (κ2) is 8.37. The van der Waals surface area contributed by atoms with E-state index in [1.54, 1.807) is 0 Å². The van der Waals surface area contributed by atoms with Crippen molar-refractivity contribution in [2.75, 3.05) is 6.61 Å². The Labute approximate surface area is 143 Å². The molecule has 0 aromatic heterocycles. The molecule has 0 saturated carbocycles. The lowest BCUT2D eigenvalue weighted by atomic mass is 10.1. The first-order chi connectivity index (χ1) is 10.0. The van der Waals surface area contributed by atoms with Gasteiger partial charge >= 0.3 is 5.97 Å². The maximum absolute atomic E-state index is 11.7. The minimum Gasteiger partial charge on any atom is -0.479 e. The number of rotatable bonds is 10. The first-order valence-corrected chi connectivity index (χ1v) is 18.1. The number of hydrogen-bond donors (Lipinski definition) is 2. The Balaban J connectivity index is 5.34. The number of hydrogen-bond acceptors (Lipinski definition) is 5. The van der Waals surface area contributed by atoms with E-state index in [0.717, 1.165) is 0 Å². The van der Waals surface area contributed by atoms with Gasteiger partial charge in [-0.05, 0) is 58.9 Å². The fourth-order valence-electron chi connectivity index (χ4n) is 1.82. The summed E-state index contributed by atoms with van der Waals surface area (Å²) < 4.78 is 17.5. The SMILES string of the molecule is C[Si](C)(C)OC[C@@H](O)[C@@H](O[Si](C)(C)C)[C@H](O[Si](C)(C)C)C(=O)O. The van der Waals surface area contributed by atoms with Gasteiger partial charge in [0, 0.05) is 0 Å². The van der Waals surface area contributed by atoms with Gasteiger partial charge in [0.15, 0.2) is 31.1 Å². The quantitative estimate of drug-likeness (QED) is 0.565. The molecular weight excluding hydrogens is 348 g/mol. The molecule has 9 heteroatoms. The van der Waals surface area contributed by atoms with Crippen molar-refractivity contribution in [3.05, 3.63) is 0 Å². The van der Waals surface area contributed by atoms with Crippen LogP contribution in [-0.4, -0.2) is 66.1 Å². The van der Waals surface area contributed by atoms with Crippen molar-refractivity contribution in [1.82, 2.24) is 0 Å². The van der Waals surface area contributed by atoms with E-state index in [1.165, 1.54) is 0 Å². The van der Waals surface area contributed by atoms with E-state index in [1.807, 2.05) is 58.9 Å². The summed E-state index contributed by atoms with van der Waals surface area (Å²) in [6, 6.07) is 0. The van der Waals surface area contributed by atoms with Crippen molar-refractivity contribution in [1.29, 1.82) is 0 Å². The van der Waals surface area contributed by atoms with Gasteiger partial charge in [-0.15, -0.1) is 0 Å². The summed E-state index contributed by atoms with van der Waals surface area (Å²) in [6.07, 6.45) is -3.15. The van der Waals surface area contributed by atoms with Crippen LogP contribution in [0.4, 0.5) is 0 Å². The van der Waals surface area contributed by atoms with Gasteiger partial charge in [0.05, 0.1) is 6.61 Å². The van der Waals surface area contributed by atoms with Crippen molar-refractivity contribution in [2.45, 2.75) is 77.2 Å². The number of aliphatic hydroxyl groups is 1. The van der Waals surface area contributed by atoms with Gasteiger partial charge in [0.2, 0.25) is 0 Å². The third-order valence-electron chi connectivity index (χ3n) is 2.58. The molecule has 0 aromatic rings. The standard InChI is InChI=1S/C14H34O6Si3/c1-21(2,3)18-10-11(15)12(19-22(4,5)6)13(14(16)17)20-23(7,8)9/h11-13,15H,10H2,1-9H3,(H,16,17)/t11-,12-,13+/m1/s1. The maximum atomic E-state index is 11.7. The van der Waals surface area contributed by atoms with Crippen LogP contribution in [0.2, 0.25) is 58.9 Å². The van der Waals surface area contributed by atoms with Gasteiger partial charge in [-0.2, -0.15) is 0 Å². The summed E-state index contributed by atoms with van der Waals surface area (Å²) >= 11 is 0. The Morgan fingerprint density at radius 2 is 1.30 bits per heavy atom. The minimum absolute atomic E-state index is 0.0592. The van der Waals surface area contributed by atoms with Gasteiger partial charge in [0.25, 0.3) is 0 Å². The Bertz CT molecular complexity index is 383. The molecule has 0 spiro atoms. The Morgan fingerprint density at radius 1 is 0.870 bits per heavy atom. The number of carbonyl (C=O) groups is 1. The summed E-state index contributed by atoms with van der Waals surface area (Å²) in [5, 5.41) is 20.1. The second-order valence-corrected chi connectivity index (χ2v) is 22.1. The molecule has 0 rings (SSSR count). The molecule has 0 radical (unpaired) electrons. The van der Waals surface area contributed by atoms with Gasteiger partial charge in [0.1, 0.15) is 12.2 Å². The molecule has 6 nitrogen and oxygen atoms in total. The third kappa shape index (κ3) is 11.2. The summed E-state index contributed by atoms with van der Waals surface area (Å²) in [6.45, 7) is 17.7. The Kier molecular flexibility index (Phi) is 8.35. The van der Waals surface area contributed by atoms with Gasteiger partial charge in [-0.3, -0.25) is 0 Å². The lowest BCUT2D eigenvalue weighted by molar-refractivity contribution is -0.155. The van der Waals surface area contributed by atoms with E-state index in [0.29, 0.717) is 0 Å². The Hall–Kier alpha value is -0.0394. The monoisotopic (exact) mass is 382 g/mol. The van der Waals surface area contributed by atoms with E-state index in [2.05, 4.69) is 0 Å². The van der Waals surface area contributed by atoms with Crippen molar-refractivity contribution in [3.8, 4) is 0 Å². The molecular formula is C14H34O6Si3. The molecule has 0 heterocycles. The maximum Gasteiger partial charge on any atom is 0.334 e. The van der Waals surface area contributed by atoms with Crippen molar-refractivity contribution >= 4 is 30.9 Å². The smallest absolute Gasteiger partial charge is 0.334 e. The first kappa shape index (κ1) is 23.0. The highest BCUT2D eigenvalue weighted by Gasteiger charge is 2.41. The molecule has 0 aromatic carbocycles. The molecule has 0 bridgehead atoms. The van der Waals surface area contributed by atoms with Crippen LogP contribution in [0.3, 0.4) is 0 Å². The molecule has 0 saturated heterocycles. The molecule has 0 aliphatic heterocycles. The first-order valence-electron chi connectivity index (χ1n) is 7.92. The molecule has 138 valence electrons. The fourth-order valence-corrected chi connectivity index (χ4v) is 4.58. The molecule has 0 amide bonds. The van der Waals surface area contributed by atoms with Crippen molar-refractivity contribution in [2.24, 2.45) is 0 Å². The average Bonchev–Trinajstić information content (AvgIpc) is 2.26. The Morgan fingerprint density at radius 3 is 1.61 bits per heavy atom. The van der Waals surface area contributed by atoms with Crippen LogP contribution >= 0.6 is 0 Å². The van der Waals surface area contributed by atoms with Crippen molar-refractivity contribution < 1.29 is 28.3 Å². The fraction of sp³-hybridized carbons (Fsp3) is 0.929. The zero-order valence-electron chi connectivity index (χ0n) is 16.0. The lowest BCUT2D eigenvalue weighted by Gasteiger charge is -2.36. The average molecular weight is 383 g/mol. The summed E-state index contributed by atoms with van der Waals surface area (Å²) in [5.41, 5.74) is 0. The number of aliphatic carboxylic acids is 1. The van der Waals surface area contributed by atoms with Crippen LogP contribution in [0.1, 0.15) is 0 Å². The van der Waals surface area contributed by atoms with E-state index < -0.39 is 49.2 Å². The highest BCUT2D eigenvalue weighted by atomic mass is 28.4. The number of aliphatic hydroxyl groups excluding tert-OH is 1. The van der Waals surface area contributed by atoms with Crippen LogP contribution in [0.25, 0.3) is 0 Å². The zero-order valence-corrected chi connectivity index (χ0v) is 19.0. The van der Waals surface area contributed by atoms with E-state index >= 15 is 0 Å². The molecule has 0 aliphatic carbocycles. The number of carboxylic acid groups (broad SMARTS) is 1. The minimum atomic E-state index is -2.12. The topological polar surface area (TPSA) is 85.2 Å². The third-order valence-corrected chi connectivity index (χ3v) is 5.55. The predicted octanol–water partition coefficient (Wildman–Crippen LogP) is 2.72. The van der Waals surface area contributed by atoms with Gasteiger partial charge < -0.3 is 23.5 Å². The van der Waals surface area contributed by atoms with Crippen molar-refractivity contribution in [3.63, 3.8) is 0 Å². The highest BCUT2D eigenvalue weighted by molar-refractivity contribution is 6.70. The van der Waals surface area contributed by atoms with Crippen LogP contribution in [0.5, 0.6) is 0 Å².